The zero-order valence-electron chi connectivity index (χ0n) is 14.3. The van der Waals surface area contributed by atoms with E-state index in [2.05, 4.69) is 5.32 Å². The fourth-order valence-corrected chi connectivity index (χ4v) is 2.89. The second-order valence-corrected chi connectivity index (χ2v) is 7.28. The van der Waals surface area contributed by atoms with Gasteiger partial charge in [0, 0.05) is 25.0 Å². The molecule has 6 nitrogen and oxygen atoms in total. The minimum absolute atomic E-state index is 0.0173. The molecule has 0 bridgehead atoms. The number of rotatable bonds is 4. The van der Waals surface area contributed by atoms with Crippen LogP contribution in [0.15, 0.2) is 18.2 Å². The van der Waals surface area contributed by atoms with E-state index in [-0.39, 0.29) is 11.8 Å². The molecule has 0 aromatic heterocycles. The van der Waals surface area contributed by atoms with Crippen molar-refractivity contribution in [3.63, 3.8) is 0 Å². The Hall–Kier alpha value is -2.18. The lowest BCUT2D eigenvalue weighted by atomic mass is 9.93. The largest absolute Gasteiger partial charge is 0.366 e. The van der Waals surface area contributed by atoms with Gasteiger partial charge in [-0.1, -0.05) is 26.8 Å². The summed E-state index contributed by atoms with van der Waals surface area (Å²) in [4.78, 5) is 24.3. The van der Waals surface area contributed by atoms with Gasteiger partial charge in [0.15, 0.2) is 0 Å². The van der Waals surface area contributed by atoms with Crippen molar-refractivity contribution in [3.05, 3.63) is 34.1 Å². The third kappa shape index (κ3) is 4.21. The van der Waals surface area contributed by atoms with Crippen LogP contribution in [0.4, 0.5) is 15.8 Å². The highest BCUT2D eigenvalue weighted by atomic mass is 19.1. The molecule has 0 spiro atoms. The number of nitro groups is 1. The van der Waals surface area contributed by atoms with Crippen LogP contribution in [0.1, 0.15) is 33.6 Å². The fraction of sp³-hybridized carbons (Fsp3) is 0.588. The van der Waals surface area contributed by atoms with Crippen LogP contribution >= 0.6 is 0 Å². The topological polar surface area (TPSA) is 75.5 Å². The van der Waals surface area contributed by atoms with E-state index in [0.29, 0.717) is 25.3 Å². The molecule has 1 heterocycles. The molecule has 132 valence electrons. The van der Waals surface area contributed by atoms with Gasteiger partial charge in [0.2, 0.25) is 11.7 Å². The average molecular weight is 337 g/mol. The molecule has 1 atom stereocenters. The number of halogens is 1. The number of hydrogen-bond acceptors (Lipinski definition) is 4. The maximum Gasteiger partial charge on any atom is 0.327 e. The Morgan fingerprint density at radius 3 is 2.79 bits per heavy atom. The summed E-state index contributed by atoms with van der Waals surface area (Å²) in [6, 6.07) is 4.17. The molecule has 7 heteroatoms. The Morgan fingerprint density at radius 2 is 2.17 bits per heavy atom. The molecule has 1 N–H and O–H groups in total. The van der Waals surface area contributed by atoms with Crippen LogP contribution in [0.3, 0.4) is 0 Å². The third-order valence-electron chi connectivity index (χ3n) is 4.24. The summed E-state index contributed by atoms with van der Waals surface area (Å²) < 4.78 is 13.8. The van der Waals surface area contributed by atoms with E-state index in [0.717, 1.165) is 18.9 Å². The summed E-state index contributed by atoms with van der Waals surface area (Å²) in [7, 11) is 0. The zero-order chi connectivity index (χ0) is 17.9. The van der Waals surface area contributed by atoms with Gasteiger partial charge in [0.1, 0.15) is 5.69 Å². The van der Waals surface area contributed by atoms with E-state index in [1.54, 1.807) is 6.07 Å². The molecule has 1 unspecified atom stereocenters. The van der Waals surface area contributed by atoms with Crippen molar-refractivity contribution in [3.8, 4) is 0 Å². The molecular formula is C17H24FN3O3. The number of carbonyl (C=O) groups excluding carboxylic acids is 1. The maximum atomic E-state index is 13.8. The van der Waals surface area contributed by atoms with Crippen LogP contribution in [0.25, 0.3) is 0 Å². The van der Waals surface area contributed by atoms with Crippen molar-refractivity contribution in [1.82, 2.24) is 5.32 Å². The highest BCUT2D eigenvalue weighted by Crippen LogP contribution is 2.33. The van der Waals surface area contributed by atoms with Crippen molar-refractivity contribution in [2.75, 3.05) is 24.5 Å². The van der Waals surface area contributed by atoms with Crippen LogP contribution in [0.2, 0.25) is 0 Å². The van der Waals surface area contributed by atoms with Gasteiger partial charge in [-0.05, 0) is 30.9 Å². The number of piperidine rings is 1. The summed E-state index contributed by atoms with van der Waals surface area (Å²) in [5.74, 6) is -0.648. The first-order valence-electron chi connectivity index (χ1n) is 8.16. The first-order chi connectivity index (χ1) is 11.2. The first kappa shape index (κ1) is 18.2. The van der Waals surface area contributed by atoms with E-state index < -0.39 is 21.8 Å². The molecule has 1 aliphatic rings. The molecule has 0 aliphatic carbocycles. The van der Waals surface area contributed by atoms with Crippen LogP contribution in [-0.4, -0.2) is 30.5 Å². The van der Waals surface area contributed by atoms with Crippen molar-refractivity contribution in [1.29, 1.82) is 0 Å². The van der Waals surface area contributed by atoms with Gasteiger partial charge >= 0.3 is 5.69 Å². The predicted molar refractivity (Wildman–Crippen MR) is 90.5 cm³/mol. The highest BCUT2D eigenvalue weighted by Gasteiger charge is 2.29. The number of carbonyl (C=O) groups is 1. The minimum Gasteiger partial charge on any atom is -0.366 e. The van der Waals surface area contributed by atoms with Crippen LogP contribution in [0, 0.1) is 27.3 Å². The minimum atomic E-state index is -0.819. The van der Waals surface area contributed by atoms with Gasteiger partial charge in [-0.3, -0.25) is 14.9 Å². The lowest BCUT2D eigenvalue weighted by molar-refractivity contribution is -0.386. The number of nitrogens with zero attached hydrogens (tertiary/aromatic N) is 2. The normalized spacial score (nSPS) is 18.3. The quantitative estimate of drug-likeness (QED) is 0.676. The highest BCUT2D eigenvalue weighted by molar-refractivity contribution is 5.81. The smallest absolute Gasteiger partial charge is 0.327 e. The second kappa shape index (κ2) is 7.15. The molecule has 1 saturated heterocycles. The van der Waals surface area contributed by atoms with E-state index >= 15 is 0 Å². The van der Waals surface area contributed by atoms with E-state index in [9.17, 15) is 19.3 Å². The Labute approximate surface area is 141 Å². The standard InChI is InChI=1S/C17H24FN3O3/c1-17(2,3)16(22)19-10-12-6-5-9-20(11-12)14-8-4-7-13(18)15(14)21(23)24/h4,7-8,12H,5-6,9-11H2,1-3H3,(H,19,22). The summed E-state index contributed by atoms with van der Waals surface area (Å²) in [6.45, 7) is 7.29. The van der Waals surface area contributed by atoms with Gasteiger partial charge in [-0.25, -0.2) is 0 Å². The predicted octanol–water partition coefficient (Wildman–Crippen LogP) is 3.11. The molecule has 0 radical (unpaired) electrons. The van der Waals surface area contributed by atoms with E-state index in [1.165, 1.54) is 6.07 Å². The van der Waals surface area contributed by atoms with Crippen molar-refractivity contribution in [2.24, 2.45) is 11.3 Å². The number of amides is 1. The lowest BCUT2D eigenvalue weighted by Crippen LogP contribution is -2.43. The summed E-state index contributed by atoms with van der Waals surface area (Å²) in [5.41, 5.74) is -0.612. The average Bonchev–Trinajstić information content (AvgIpc) is 2.51. The zero-order valence-corrected chi connectivity index (χ0v) is 14.3. The van der Waals surface area contributed by atoms with Gasteiger partial charge in [0.05, 0.1) is 4.92 Å². The third-order valence-corrected chi connectivity index (χ3v) is 4.24. The molecule has 1 aromatic carbocycles. The SMILES string of the molecule is CC(C)(C)C(=O)NCC1CCCN(c2cccc(F)c2[N+](=O)[O-])C1. The number of benzene rings is 1. The maximum absolute atomic E-state index is 13.8. The Kier molecular flexibility index (Phi) is 5.41. The van der Waals surface area contributed by atoms with Gasteiger partial charge < -0.3 is 10.2 Å². The van der Waals surface area contributed by atoms with Gasteiger partial charge in [-0.2, -0.15) is 4.39 Å². The first-order valence-corrected chi connectivity index (χ1v) is 8.16. The van der Waals surface area contributed by atoms with Crippen LogP contribution in [-0.2, 0) is 4.79 Å². The van der Waals surface area contributed by atoms with Gasteiger partial charge in [-0.15, -0.1) is 0 Å². The number of para-hydroxylation sites is 1. The van der Waals surface area contributed by atoms with E-state index in [1.807, 2.05) is 25.7 Å². The number of nitrogens with one attached hydrogen (secondary N) is 1. The molecule has 1 aromatic rings. The molecule has 1 fully saturated rings. The number of nitro benzene ring substituents is 1. The Balaban J connectivity index is 2.08. The van der Waals surface area contributed by atoms with Crippen LogP contribution in [0.5, 0.6) is 0 Å². The number of hydrogen-bond donors (Lipinski definition) is 1. The van der Waals surface area contributed by atoms with Crippen LogP contribution < -0.4 is 10.2 Å². The van der Waals surface area contributed by atoms with Crippen molar-refractivity contribution in [2.45, 2.75) is 33.6 Å². The van der Waals surface area contributed by atoms with E-state index in [4.69, 9.17) is 0 Å². The summed E-state index contributed by atoms with van der Waals surface area (Å²) in [5, 5.41) is 14.1. The Bertz CT molecular complexity index is 628. The second-order valence-electron chi connectivity index (χ2n) is 7.28. The molecular weight excluding hydrogens is 313 g/mol. The lowest BCUT2D eigenvalue weighted by Gasteiger charge is -2.34. The Morgan fingerprint density at radius 1 is 1.46 bits per heavy atom. The fourth-order valence-electron chi connectivity index (χ4n) is 2.89. The number of anilines is 1. The molecule has 0 saturated carbocycles. The summed E-state index contributed by atoms with van der Waals surface area (Å²) >= 11 is 0. The monoisotopic (exact) mass is 337 g/mol. The molecule has 24 heavy (non-hydrogen) atoms. The summed E-state index contributed by atoms with van der Waals surface area (Å²) in [6.07, 6.45) is 1.79. The van der Waals surface area contributed by atoms with Crippen molar-refractivity contribution < 1.29 is 14.1 Å². The van der Waals surface area contributed by atoms with Crippen molar-refractivity contribution >= 4 is 17.3 Å². The van der Waals surface area contributed by atoms with Gasteiger partial charge in [0.25, 0.3) is 0 Å². The molecule has 1 amide bonds. The molecule has 1 aliphatic heterocycles. The molecule has 2 rings (SSSR count).